The Morgan fingerprint density at radius 3 is 2.67 bits per heavy atom. The van der Waals surface area contributed by atoms with Crippen LogP contribution in [0.1, 0.15) is 36.9 Å². The molecule has 0 atom stereocenters. The van der Waals surface area contributed by atoms with E-state index in [2.05, 4.69) is 4.98 Å². The number of halogens is 3. The molecule has 0 spiro atoms. The number of hydrogen-bond donors (Lipinski definition) is 1. The van der Waals surface area contributed by atoms with Crippen molar-refractivity contribution in [2.75, 3.05) is 6.54 Å². The lowest BCUT2D eigenvalue weighted by Crippen LogP contribution is -2.37. The fraction of sp³-hybridized carbons (Fsp3) is 0.267. The zero-order valence-corrected chi connectivity index (χ0v) is 12.9. The minimum atomic E-state index is -4.63. The molecular weight excluding hydrogens is 345 g/mol. The summed E-state index contributed by atoms with van der Waals surface area (Å²) in [5.41, 5.74) is 1.98. The fourth-order valence-corrected chi connectivity index (χ4v) is 3.26. The van der Waals surface area contributed by atoms with Crippen LogP contribution in [-0.2, 0) is 19.1 Å². The van der Waals surface area contributed by atoms with Gasteiger partial charge in [0.25, 0.3) is 5.91 Å². The molecule has 126 valence electrons. The highest BCUT2D eigenvalue weighted by Crippen LogP contribution is 2.35. The van der Waals surface area contributed by atoms with Gasteiger partial charge in [0.15, 0.2) is 5.69 Å². The van der Waals surface area contributed by atoms with Crippen LogP contribution in [0, 0.1) is 0 Å². The number of aromatic carboxylic acids is 1. The smallest absolute Gasteiger partial charge is 0.427 e. The van der Waals surface area contributed by atoms with Gasteiger partial charge >= 0.3 is 12.1 Å². The van der Waals surface area contributed by atoms with E-state index in [1.807, 2.05) is 0 Å². The Balaban J connectivity index is 1.88. The van der Waals surface area contributed by atoms with Gasteiger partial charge in [0.05, 0.1) is 11.1 Å². The molecular formula is C15H11F3N2O3S. The average Bonchev–Trinajstić information content (AvgIpc) is 3.03. The Hall–Kier alpha value is -2.42. The van der Waals surface area contributed by atoms with E-state index in [9.17, 15) is 22.8 Å². The first-order valence-corrected chi connectivity index (χ1v) is 7.80. The molecule has 0 saturated carbocycles. The van der Waals surface area contributed by atoms with E-state index >= 15 is 0 Å². The number of carbonyl (C=O) groups is 2. The number of amides is 1. The van der Waals surface area contributed by atoms with Gasteiger partial charge in [-0.3, -0.25) is 4.79 Å². The highest BCUT2D eigenvalue weighted by molar-refractivity contribution is 7.10. The lowest BCUT2D eigenvalue weighted by atomic mass is 9.97. The van der Waals surface area contributed by atoms with Crippen molar-refractivity contribution in [3.05, 3.63) is 51.0 Å². The molecule has 9 heteroatoms. The summed E-state index contributed by atoms with van der Waals surface area (Å²) < 4.78 is 38.8. The van der Waals surface area contributed by atoms with Crippen LogP contribution in [-0.4, -0.2) is 33.4 Å². The molecule has 2 aromatic rings. The first-order chi connectivity index (χ1) is 11.3. The number of carboxylic acid groups (broad SMARTS) is 1. The van der Waals surface area contributed by atoms with E-state index in [1.54, 1.807) is 6.07 Å². The maximum absolute atomic E-state index is 12.9. The standard InChI is InChI=1S/C15H11F3N2O3S/c16-15(17,18)12-11(19-7-24-12)13(21)20-4-3-8-1-2-9(14(22)23)5-10(8)6-20/h1-2,5,7H,3-4,6H2,(H,22,23). The van der Waals surface area contributed by atoms with Crippen LogP contribution in [0.5, 0.6) is 0 Å². The van der Waals surface area contributed by atoms with Gasteiger partial charge in [-0.25, -0.2) is 9.78 Å². The second kappa shape index (κ2) is 5.90. The fourth-order valence-electron chi connectivity index (χ4n) is 2.61. The number of rotatable bonds is 2. The van der Waals surface area contributed by atoms with Crippen molar-refractivity contribution in [2.24, 2.45) is 0 Å². The Morgan fingerprint density at radius 1 is 1.25 bits per heavy atom. The van der Waals surface area contributed by atoms with E-state index in [1.165, 1.54) is 17.0 Å². The van der Waals surface area contributed by atoms with Crippen LogP contribution in [0.2, 0.25) is 0 Å². The van der Waals surface area contributed by atoms with Gasteiger partial charge in [0, 0.05) is 13.1 Å². The molecule has 0 saturated heterocycles. The zero-order valence-electron chi connectivity index (χ0n) is 12.1. The SMILES string of the molecule is O=C(O)c1ccc2c(c1)CN(C(=O)c1ncsc1C(F)(F)F)CC2. The van der Waals surface area contributed by atoms with Gasteiger partial charge < -0.3 is 10.0 Å². The molecule has 1 aromatic heterocycles. The number of alkyl halides is 3. The number of fused-ring (bicyclic) bond motifs is 1. The van der Waals surface area contributed by atoms with Crippen LogP contribution in [0.15, 0.2) is 23.7 Å². The third kappa shape index (κ3) is 2.99. The average molecular weight is 356 g/mol. The first-order valence-electron chi connectivity index (χ1n) is 6.92. The van der Waals surface area contributed by atoms with Gasteiger partial charge in [0.2, 0.25) is 0 Å². The molecule has 1 aliphatic heterocycles. The highest BCUT2D eigenvalue weighted by atomic mass is 32.1. The molecule has 1 amide bonds. The summed E-state index contributed by atoms with van der Waals surface area (Å²) in [6.45, 7) is 0.317. The van der Waals surface area contributed by atoms with Crippen molar-refractivity contribution in [2.45, 2.75) is 19.1 Å². The van der Waals surface area contributed by atoms with Crippen LogP contribution in [0.25, 0.3) is 0 Å². The molecule has 3 rings (SSSR count). The lowest BCUT2D eigenvalue weighted by Gasteiger charge is -2.29. The molecule has 2 heterocycles. The molecule has 0 aliphatic carbocycles. The monoisotopic (exact) mass is 356 g/mol. The normalized spacial score (nSPS) is 14.4. The first kappa shape index (κ1) is 16.4. The van der Waals surface area contributed by atoms with E-state index in [0.717, 1.165) is 11.1 Å². The summed E-state index contributed by atoms with van der Waals surface area (Å²) in [7, 11) is 0. The third-order valence-electron chi connectivity index (χ3n) is 3.78. The molecule has 24 heavy (non-hydrogen) atoms. The van der Waals surface area contributed by atoms with Gasteiger partial charge in [-0.15, -0.1) is 11.3 Å². The molecule has 5 nitrogen and oxygen atoms in total. The molecule has 0 radical (unpaired) electrons. The minimum absolute atomic E-state index is 0.0596. The molecule has 1 aliphatic rings. The molecule has 1 N–H and O–H groups in total. The molecule has 0 bridgehead atoms. The topological polar surface area (TPSA) is 70.5 Å². The van der Waals surface area contributed by atoms with Crippen molar-refractivity contribution in [1.82, 2.24) is 9.88 Å². The van der Waals surface area contributed by atoms with Crippen molar-refractivity contribution >= 4 is 23.2 Å². The van der Waals surface area contributed by atoms with E-state index in [0.29, 0.717) is 23.3 Å². The van der Waals surface area contributed by atoms with Crippen molar-refractivity contribution in [3.8, 4) is 0 Å². The number of aromatic nitrogens is 1. The summed E-state index contributed by atoms with van der Waals surface area (Å²) in [5.74, 6) is -1.89. The number of carboxylic acids is 1. The van der Waals surface area contributed by atoms with Crippen LogP contribution >= 0.6 is 11.3 Å². The summed E-state index contributed by atoms with van der Waals surface area (Å²) in [6.07, 6.45) is -4.18. The number of hydrogen-bond acceptors (Lipinski definition) is 4. The molecule has 0 unspecified atom stereocenters. The van der Waals surface area contributed by atoms with Crippen LogP contribution in [0.4, 0.5) is 13.2 Å². The maximum atomic E-state index is 12.9. The van der Waals surface area contributed by atoms with Crippen molar-refractivity contribution in [3.63, 3.8) is 0 Å². The predicted octanol–water partition coefficient (Wildman–Crippen LogP) is 3.06. The molecule has 1 aromatic carbocycles. The molecule has 0 fully saturated rings. The number of thiazole rings is 1. The lowest BCUT2D eigenvalue weighted by molar-refractivity contribution is -0.134. The summed E-state index contributed by atoms with van der Waals surface area (Å²) >= 11 is 0.379. The second-order valence-corrected chi connectivity index (χ2v) is 6.15. The van der Waals surface area contributed by atoms with Gasteiger partial charge in [0.1, 0.15) is 4.88 Å². The predicted molar refractivity (Wildman–Crippen MR) is 79.0 cm³/mol. The summed E-state index contributed by atoms with van der Waals surface area (Å²) in [5, 5.41) is 9.02. The Bertz CT molecular complexity index is 817. The van der Waals surface area contributed by atoms with Gasteiger partial charge in [-0.05, 0) is 29.7 Å². The quantitative estimate of drug-likeness (QED) is 0.898. The van der Waals surface area contributed by atoms with Gasteiger partial charge in [-0.2, -0.15) is 13.2 Å². The Kier molecular flexibility index (Phi) is 4.04. The van der Waals surface area contributed by atoms with E-state index in [-0.39, 0.29) is 18.7 Å². The third-order valence-corrected chi connectivity index (χ3v) is 4.65. The maximum Gasteiger partial charge on any atom is 0.427 e. The second-order valence-electron chi connectivity index (χ2n) is 5.29. The number of carbonyl (C=O) groups excluding carboxylic acids is 1. The summed E-state index contributed by atoms with van der Waals surface area (Å²) in [4.78, 5) is 27.3. The Morgan fingerprint density at radius 2 is 2.00 bits per heavy atom. The van der Waals surface area contributed by atoms with Crippen molar-refractivity contribution in [1.29, 1.82) is 0 Å². The number of benzene rings is 1. The minimum Gasteiger partial charge on any atom is -0.478 e. The van der Waals surface area contributed by atoms with Crippen LogP contribution in [0.3, 0.4) is 0 Å². The number of nitrogens with zero attached hydrogens (tertiary/aromatic N) is 2. The van der Waals surface area contributed by atoms with Crippen LogP contribution < -0.4 is 0 Å². The van der Waals surface area contributed by atoms with E-state index < -0.39 is 28.6 Å². The highest BCUT2D eigenvalue weighted by Gasteiger charge is 2.39. The van der Waals surface area contributed by atoms with Gasteiger partial charge in [-0.1, -0.05) is 6.07 Å². The zero-order chi connectivity index (χ0) is 17.5. The van der Waals surface area contributed by atoms with Crippen molar-refractivity contribution < 1.29 is 27.9 Å². The van der Waals surface area contributed by atoms with E-state index in [4.69, 9.17) is 5.11 Å². The summed E-state index contributed by atoms with van der Waals surface area (Å²) in [6, 6.07) is 4.59. The Labute approximate surface area is 138 Å². The largest absolute Gasteiger partial charge is 0.478 e.